The summed E-state index contributed by atoms with van der Waals surface area (Å²) >= 11 is 6.22. The number of carbonyl (C=O) groups is 1. The first-order chi connectivity index (χ1) is 14.5. The molecule has 1 N–H and O–H groups in total. The molecule has 0 aromatic heterocycles. The third kappa shape index (κ3) is 5.46. The molecule has 0 bridgehead atoms. The van der Waals surface area contributed by atoms with E-state index in [0.29, 0.717) is 23.1 Å². The molecule has 0 atom stereocenters. The highest BCUT2D eigenvalue weighted by Gasteiger charge is 2.16. The van der Waals surface area contributed by atoms with E-state index in [4.69, 9.17) is 21.1 Å². The summed E-state index contributed by atoms with van der Waals surface area (Å²) in [4.78, 5) is 17.1. The fourth-order valence-corrected chi connectivity index (χ4v) is 3.76. The van der Waals surface area contributed by atoms with Crippen LogP contribution in [0.25, 0.3) is 6.08 Å². The van der Waals surface area contributed by atoms with Crippen molar-refractivity contribution in [1.82, 2.24) is 10.2 Å². The molecule has 6 nitrogen and oxygen atoms in total. The van der Waals surface area contributed by atoms with Gasteiger partial charge in [-0.2, -0.15) is 0 Å². The molecular formula is C23H28ClN3O3. The number of ether oxygens (including phenoxy) is 2. The number of para-hydroxylation sites is 1. The Bertz CT molecular complexity index is 909. The first-order valence-corrected chi connectivity index (χ1v) is 10.3. The van der Waals surface area contributed by atoms with E-state index in [1.807, 2.05) is 12.1 Å². The van der Waals surface area contributed by atoms with Gasteiger partial charge < -0.3 is 24.6 Å². The summed E-state index contributed by atoms with van der Waals surface area (Å²) in [7, 11) is 5.22. The van der Waals surface area contributed by atoms with Crippen LogP contribution >= 0.6 is 11.6 Å². The number of benzene rings is 2. The summed E-state index contributed by atoms with van der Waals surface area (Å²) in [6.45, 7) is 4.52. The molecule has 1 saturated heterocycles. The maximum atomic E-state index is 12.4. The maximum absolute atomic E-state index is 12.4. The quantitative estimate of drug-likeness (QED) is 0.683. The molecule has 0 spiro atoms. The van der Waals surface area contributed by atoms with Gasteiger partial charge in [-0.05, 0) is 42.4 Å². The van der Waals surface area contributed by atoms with E-state index < -0.39 is 0 Å². The van der Waals surface area contributed by atoms with Gasteiger partial charge >= 0.3 is 0 Å². The summed E-state index contributed by atoms with van der Waals surface area (Å²) in [5.41, 5.74) is 3.05. The highest BCUT2D eigenvalue weighted by Crippen LogP contribution is 2.36. The molecule has 160 valence electrons. The molecule has 1 aliphatic rings. The van der Waals surface area contributed by atoms with Crippen molar-refractivity contribution in [2.24, 2.45) is 0 Å². The van der Waals surface area contributed by atoms with Crippen LogP contribution in [0.4, 0.5) is 5.69 Å². The van der Waals surface area contributed by atoms with E-state index in [0.717, 1.165) is 37.3 Å². The fraction of sp³-hybridized carbons (Fsp3) is 0.348. The number of nitrogens with zero attached hydrogens (tertiary/aromatic N) is 2. The molecule has 1 fully saturated rings. The second-order valence-corrected chi connectivity index (χ2v) is 7.62. The van der Waals surface area contributed by atoms with E-state index in [9.17, 15) is 4.79 Å². The van der Waals surface area contributed by atoms with Crippen molar-refractivity contribution in [3.8, 4) is 11.5 Å². The largest absolute Gasteiger partial charge is 0.493 e. The Morgan fingerprint density at radius 2 is 1.87 bits per heavy atom. The number of anilines is 1. The molecule has 0 aliphatic carbocycles. The Morgan fingerprint density at radius 3 is 2.57 bits per heavy atom. The Kier molecular flexibility index (Phi) is 7.60. The van der Waals surface area contributed by atoms with Gasteiger partial charge in [0, 0.05) is 44.5 Å². The Hall–Kier alpha value is -2.70. The van der Waals surface area contributed by atoms with Gasteiger partial charge in [-0.15, -0.1) is 0 Å². The number of nitrogens with one attached hydrogen (secondary N) is 1. The summed E-state index contributed by atoms with van der Waals surface area (Å²) < 4.78 is 10.5. The Labute approximate surface area is 183 Å². The first kappa shape index (κ1) is 22.0. The van der Waals surface area contributed by atoms with E-state index >= 15 is 0 Å². The van der Waals surface area contributed by atoms with E-state index in [2.05, 4.69) is 34.3 Å². The molecule has 3 rings (SSSR count). The lowest BCUT2D eigenvalue weighted by Crippen LogP contribution is -2.45. The van der Waals surface area contributed by atoms with Gasteiger partial charge in [-0.25, -0.2) is 0 Å². The summed E-state index contributed by atoms with van der Waals surface area (Å²) in [6, 6.07) is 11.7. The van der Waals surface area contributed by atoms with Crippen LogP contribution < -0.4 is 19.7 Å². The molecular weight excluding hydrogens is 402 g/mol. The number of piperazine rings is 1. The average molecular weight is 430 g/mol. The number of halogens is 1. The lowest BCUT2D eigenvalue weighted by atomic mass is 10.1. The zero-order chi connectivity index (χ0) is 21.5. The molecule has 1 aliphatic heterocycles. The zero-order valence-corrected chi connectivity index (χ0v) is 18.4. The van der Waals surface area contributed by atoms with Crippen molar-refractivity contribution in [3.05, 3.63) is 58.6 Å². The number of methoxy groups -OCH3 is 2. The fourth-order valence-electron chi connectivity index (χ4n) is 3.46. The summed E-state index contributed by atoms with van der Waals surface area (Å²) in [5.74, 6) is 0.821. The van der Waals surface area contributed by atoms with Gasteiger partial charge in [0.15, 0.2) is 11.5 Å². The molecule has 0 radical (unpaired) electrons. The van der Waals surface area contributed by atoms with Crippen LogP contribution in [0.15, 0.2) is 42.5 Å². The van der Waals surface area contributed by atoms with Crippen LogP contribution in [-0.4, -0.2) is 58.3 Å². The molecule has 2 aromatic rings. The van der Waals surface area contributed by atoms with E-state index in [1.165, 1.54) is 18.9 Å². The molecule has 0 unspecified atom stereocenters. The van der Waals surface area contributed by atoms with Crippen molar-refractivity contribution in [3.63, 3.8) is 0 Å². The summed E-state index contributed by atoms with van der Waals surface area (Å²) in [6.07, 6.45) is 3.20. The van der Waals surface area contributed by atoms with Gasteiger partial charge in [-0.3, -0.25) is 4.79 Å². The predicted octanol–water partition coefficient (Wildman–Crippen LogP) is 3.44. The van der Waals surface area contributed by atoms with Gasteiger partial charge in [-0.1, -0.05) is 29.8 Å². The second-order valence-electron chi connectivity index (χ2n) is 7.21. The van der Waals surface area contributed by atoms with Crippen LogP contribution in [0.2, 0.25) is 5.02 Å². The topological polar surface area (TPSA) is 54.0 Å². The minimum Gasteiger partial charge on any atom is -0.493 e. The molecule has 0 saturated carbocycles. The minimum atomic E-state index is -0.172. The standard InChI is InChI=1S/C23H28ClN3O3/c1-26-10-12-27(13-11-26)20-7-5-4-6-18(20)16-25-22(28)9-8-17-14-19(24)23(30-3)21(15-17)29-2/h4-9,14-15H,10-13,16H2,1-3H3,(H,25,28)/b9-8+. The maximum Gasteiger partial charge on any atom is 0.244 e. The Balaban J connectivity index is 1.64. The van der Waals surface area contributed by atoms with Crippen LogP contribution in [0.1, 0.15) is 11.1 Å². The number of rotatable bonds is 7. The van der Waals surface area contributed by atoms with Crippen molar-refractivity contribution in [2.45, 2.75) is 6.54 Å². The van der Waals surface area contributed by atoms with Crippen molar-refractivity contribution in [2.75, 3.05) is 52.3 Å². The third-order valence-electron chi connectivity index (χ3n) is 5.17. The zero-order valence-electron chi connectivity index (χ0n) is 17.7. The lowest BCUT2D eigenvalue weighted by Gasteiger charge is -2.35. The van der Waals surface area contributed by atoms with Crippen LogP contribution in [-0.2, 0) is 11.3 Å². The average Bonchev–Trinajstić information content (AvgIpc) is 2.76. The second kappa shape index (κ2) is 10.4. The molecule has 2 aromatic carbocycles. The van der Waals surface area contributed by atoms with Gasteiger partial charge in [0.2, 0.25) is 5.91 Å². The Morgan fingerprint density at radius 1 is 1.13 bits per heavy atom. The lowest BCUT2D eigenvalue weighted by molar-refractivity contribution is -0.116. The first-order valence-electron chi connectivity index (χ1n) is 9.90. The monoisotopic (exact) mass is 429 g/mol. The number of hydrogen-bond acceptors (Lipinski definition) is 5. The number of amides is 1. The van der Waals surface area contributed by atoms with Crippen LogP contribution in [0.3, 0.4) is 0 Å². The summed E-state index contributed by atoms with van der Waals surface area (Å²) in [5, 5.41) is 3.40. The van der Waals surface area contributed by atoms with E-state index in [1.54, 1.807) is 25.3 Å². The third-order valence-corrected chi connectivity index (χ3v) is 5.45. The number of likely N-dealkylation sites (N-methyl/N-ethyl adjacent to an activating group) is 1. The molecule has 1 heterocycles. The SMILES string of the molecule is COc1cc(/C=C/C(=O)NCc2ccccc2N2CCN(C)CC2)cc(Cl)c1OC. The van der Waals surface area contributed by atoms with Crippen molar-refractivity contribution in [1.29, 1.82) is 0 Å². The normalized spacial score (nSPS) is 14.7. The number of hydrogen-bond donors (Lipinski definition) is 1. The van der Waals surface area contributed by atoms with Crippen LogP contribution in [0.5, 0.6) is 11.5 Å². The van der Waals surface area contributed by atoms with Crippen molar-refractivity contribution >= 4 is 29.3 Å². The van der Waals surface area contributed by atoms with Gasteiger partial charge in [0.1, 0.15) is 0 Å². The smallest absolute Gasteiger partial charge is 0.244 e. The highest BCUT2D eigenvalue weighted by atomic mass is 35.5. The molecule has 30 heavy (non-hydrogen) atoms. The van der Waals surface area contributed by atoms with E-state index in [-0.39, 0.29) is 5.91 Å². The minimum absolute atomic E-state index is 0.172. The van der Waals surface area contributed by atoms with Crippen molar-refractivity contribution < 1.29 is 14.3 Å². The number of carbonyl (C=O) groups excluding carboxylic acids is 1. The molecule has 1 amide bonds. The van der Waals surface area contributed by atoms with Crippen LogP contribution in [0, 0.1) is 0 Å². The molecule has 7 heteroatoms. The van der Waals surface area contributed by atoms with Gasteiger partial charge in [0.25, 0.3) is 0 Å². The van der Waals surface area contributed by atoms with Gasteiger partial charge in [0.05, 0.1) is 19.2 Å². The highest BCUT2D eigenvalue weighted by molar-refractivity contribution is 6.32. The predicted molar refractivity (Wildman–Crippen MR) is 122 cm³/mol.